The van der Waals surface area contributed by atoms with Crippen molar-refractivity contribution in [1.82, 2.24) is 14.8 Å². The highest BCUT2D eigenvalue weighted by molar-refractivity contribution is 6.00. The number of hydrogen-bond acceptors (Lipinski definition) is 7. The number of ether oxygens (including phenoxy) is 2. The molecule has 8 nitrogen and oxygen atoms in total. The van der Waals surface area contributed by atoms with Gasteiger partial charge in [0.25, 0.3) is 5.91 Å². The van der Waals surface area contributed by atoms with Crippen LogP contribution in [0.4, 0.5) is 11.5 Å². The Kier molecular flexibility index (Phi) is 5.44. The molecule has 1 aromatic heterocycles. The maximum absolute atomic E-state index is 13.0. The number of nitrogens with two attached hydrogens (primary N) is 1. The number of fused-ring (bicyclic) bond motifs is 1. The molecule has 4 rings (SSSR count). The van der Waals surface area contributed by atoms with Gasteiger partial charge in [-0.2, -0.15) is 0 Å². The van der Waals surface area contributed by atoms with E-state index in [1.165, 1.54) is 5.56 Å². The van der Waals surface area contributed by atoms with Crippen LogP contribution < -0.4 is 20.1 Å². The van der Waals surface area contributed by atoms with Crippen LogP contribution in [-0.2, 0) is 6.54 Å². The summed E-state index contributed by atoms with van der Waals surface area (Å²) >= 11 is 0. The van der Waals surface area contributed by atoms with E-state index in [1.807, 2.05) is 25.2 Å². The molecule has 2 aliphatic heterocycles. The molecule has 3 heterocycles. The highest BCUT2D eigenvalue weighted by Gasteiger charge is 2.26. The zero-order chi connectivity index (χ0) is 20.4. The van der Waals surface area contributed by atoms with E-state index < -0.39 is 0 Å². The molecule has 1 saturated heterocycles. The standard InChI is InChI=1S/C21H27N5O3/c1-24(2)14-15-3-4-20(23-13-15)25-5-7-26(8-6-25)21(27)16-11-18-19(12-17(16)22)29-10-9-28-18/h3-4,11-13H,5-10,14,22H2,1-2H3. The van der Waals surface area contributed by atoms with E-state index in [4.69, 9.17) is 15.2 Å². The minimum absolute atomic E-state index is 0.0755. The summed E-state index contributed by atoms with van der Waals surface area (Å²) in [5, 5.41) is 0. The largest absolute Gasteiger partial charge is 0.486 e. The molecule has 0 bridgehead atoms. The highest BCUT2D eigenvalue weighted by Crippen LogP contribution is 2.35. The van der Waals surface area contributed by atoms with Crippen LogP contribution in [0.3, 0.4) is 0 Å². The molecule has 154 valence electrons. The molecule has 0 unspecified atom stereocenters. The minimum atomic E-state index is -0.0755. The van der Waals surface area contributed by atoms with Crippen molar-refractivity contribution in [2.45, 2.75) is 6.54 Å². The fraction of sp³-hybridized carbons (Fsp3) is 0.429. The summed E-state index contributed by atoms with van der Waals surface area (Å²) in [6.45, 7) is 4.54. The van der Waals surface area contributed by atoms with Gasteiger partial charge >= 0.3 is 0 Å². The second kappa shape index (κ2) is 8.16. The van der Waals surface area contributed by atoms with Gasteiger partial charge in [0.15, 0.2) is 11.5 Å². The molecule has 0 aliphatic carbocycles. The van der Waals surface area contributed by atoms with Crippen LogP contribution in [0.2, 0.25) is 0 Å². The lowest BCUT2D eigenvalue weighted by atomic mass is 10.1. The number of carbonyl (C=O) groups excluding carboxylic acids is 1. The summed E-state index contributed by atoms with van der Waals surface area (Å²) in [5.74, 6) is 2.04. The van der Waals surface area contributed by atoms with Gasteiger partial charge in [-0.1, -0.05) is 6.07 Å². The summed E-state index contributed by atoms with van der Waals surface area (Å²) in [4.78, 5) is 23.8. The number of carbonyl (C=O) groups is 1. The van der Waals surface area contributed by atoms with Crippen molar-refractivity contribution in [3.63, 3.8) is 0 Å². The van der Waals surface area contributed by atoms with Gasteiger partial charge in [0.05, 0.1) is 5.56 Å². The maximum Gasteiger partial charge on any atom is 0.256 e. The molecule has 0 saturated carbocycles. The van der Waals surface area contributed by atoms with Gasteiger partial charge in [0, 0.05) is 50.7 Å². The zero-order valence-electron chi connectivity index (χ0n) is 16.9. The Balaban J connectivity index is 1.40. The minimum Gasteiger partial charge on any atom is -0.486 e. The number of piperazine rings is 1. The van der Waals surface area contributed by atoms with Crippen molar-refractivity contribution >= 4 is 17.4 Å². The third kappa shape index (κ3) is 4.22. The Morgan fingerprint density at radius 3 is 2.41 bits per heavy atom. The second-order valence-electron chi connectivity index (χ2n) is 7.62. The molecule has 0 atom stereocenters. The molecule has 1 amide bonds. The van der Waals surface area contributed by atoms with E-state index in [-0.39, 0.29) is 5.91 Å². The summed E-state index contributed by atoms with van der Waals surface area (Å²) in [5.41, 5.74) is 8.18. The number of amides is 1. The Morgan fingerprint density at radius 2 is 1.79 bits per heavy atom. The van der Waals surface area contributed by atoms with Crippen molar-refractivity contribution in [1.29, 1.82) is 0 Å². The van der Waals surface area contributed by atoms with Gasteiger partial charge in [-0.3, -0.25) is 4.79 Å². The van der Waals surface area contributed by atoms with Crippen LogP contribution in [0.15, 0.2) is 30.5 Å². The number of aromatic nitrogens is 1. The third-order valence-corrected chi connectivity index (χ3v) is 5.14. The van der Waals surface area contributed by atoms with Crippen LogP contribution >= 0.6 is 0 Å². The first-order valence-electron chi connectivity index (χ1n) is 9.84. The van der Waals surface area contributed by atoms with Crippen molar-refractivity contribution in [2.24, 2.45) is 0 Å². The first kappa shape index (κ1) is 19.3. The molecule has 2 N–H and O–H groups in total. The van der Waals surface area contributed by atoms with E-state index >= 15 is 0 Å². The predicted molar refractivity (Wildman–Crippen MR) is 112 cm³/mol. The summed E-state index contributed by atoms with van der Waals surface area (Å²) in [6.07, 6.45) is 1.92. The van der Waals surface area contributed by atoms with Crippen LogP contribution in [0, 0.1) is 0 Å². The van der Waals surface area contributed by atoms with Gasteiger partial charge in [-0.05, 0) is 31.8 Å². The normalized spacial score (nSPS) is 16.2. The van der Waals surface area contributed by atoms with E-state index in [1.54, 1.807) is 12.1 Å². The third-order valence-electron chi connectivity index (χ3n) is 5.14. The van der Waals surface area contributed by atoms with Crippen LogP contribution in [0.1, 0.15) is 15.9 Å². The average molecular weight is 397 g/mol. The van der Waals surface area contributed by atoms with E-state index in [0.717, 1.165) is 25.5 Å². The van der Waals surface area contributed by atoms with Crippen molar-refractivity contribution in [3.8, 4) is 11.5 Å². The maximum atomic E-state index is 13.0. The van der Waals surface area contributed by atoms with Crippen LogP contribution in [0.5, 0.6) is 11.5 Å². The topological polar surface area (TPSA) is 84.2 Å². The molecule has 2 aliphatic rings. The number of pyridine rings is 1. The molecule has 0 spiro atoms. The fourth-order valence-electron chi connectivity index (χ4n) is 3.66. The molecule has 1 aromatic carbocycles. The Hall–Kier alpha value is -3.00. The first-order chi connectivity index (χ1) is 14.0. The number of nitrogens with zero attached hydrogens (tertiary/aromatic N) is 4. The van der Waals surface area contributed by atoms with Gasteiger partial charge in [0.1, 0.15) is 19.0 Å². The molecule has 8 heteroatoms. The SMILES string of the molecule is CN(C)Cc1ccc(N2CCN(C(=O)c3cc4c(cc3N)OCCO4)CC2)nc1. The lowest BCUT2D eigenvalue weighted by Gasteiger charge is -2.35. The number of hydrogen-bond donors (Lipinski definition) is 1. The Labute approximate surface area is 170 Å². The number of nitrogen functional groups attached to an aromatic ring is 1. The Bertz CT molecular complexity index is 877. The van der Waals surface area contributed by atoms with E-state index in [2.05, 4.69) is 26.9 Å². The second-order valence-corrected chi connectivity index (χ2v) is 7.62. The number of anilines is 2. The number of benzene rings is 1. The van der Waals surface area contributed by atoms with Gasteiger partial charge in [-0.25, -0.2) is 4.98 Å². The monoisotopic (exact) mass is 397 g/mol. The zero-order valence-corrected chi connectivity index (χ0v) is 16.9. The van der Waals surface area contributed by atoms with Gasteiger partial charge in [0.2, 0.25) is 0 Å². The van der Waals surface area contributed by atoms with E-state index in [9.17, 15) is 4.79 Å². The summed E-state index contributed by atoms with van der Waals surface area (Å²) in [6, 6.07) is 7.53. The molecular formula is C21H27N5O3. The lowest BCUT2D eigenvalue weighted by Crippen LogP contribution is -2.49. The van der Waals surface area contributed by atoms with Crippen molar-refractivity contribution in [3.05, 3.63) is 41.6 Å². The first-order valence-corrected chi connectivity index (χ1v) is 9.84. The lowest BCUT2D eigenvalue weighted by molar-refractivity contribution is 0.0746. The Morgan fingerprint density at radius 1 is 1.10 bits per heavy atom. The quantitative estimate of drug-likeness (QED) is 0.782. The molecule has 1 fully saturated rings. The molecule has 2 aromatic rings. The predicted octanol–water partition coefficient (Wildman–Crippen LogP) is 1.46. The van der Waals surface area contributed by atoms with Crippen molar-refractivity contribution in [2.75, 3.05) is 64.1 Å². The molecular weight excluding hydrogens is 370 g/mol. The highest BCUT2D eigenvalue weighted by atomic mass is 16.6. The summed E-state index contributed by atoms with van der Waals surface area (Å²) < 4.78 is 11.1. The van der Waals surface area contributed by atoms with Gasteiger partial charge in [-0.15, -0.1) is 0 Å². The van der Waals surface area contributed by atoms with Crippen LogP contribution in [-0.4, -0.2) is 74.2 Å². The molecule has 0 radical (unpaired) electrons. The van der Waals surface area contributed by atoms with Crippen LogP contribution in [0.25, 0.3) is 0 Å². The van der Waals surface area contributed by atoms with Crippen molar-refractivity contribution < 1.29 is 14.3 Å². The fourth-order valence-corrected chi connectivity index (χ4v) is 3.66. The smallest absolute Gasteiger partial charge is 0.256 e. The van der Waals surface area contributed by atoms with Gasteiger partial charge < -0.3 is 29.9 Å². The van der Waals surface area contributed by atoms with E-state index in [0.29, 0.717) is 49.1 Å². The summed E-state index contributed by atoms with van der Waals surface area (Å²) in [7, 11) is 4.08. The number of rotatable bonds is 4. The average Bonchev–Trinajstić information content (AvgIpc) is 2.73. The molecule has 29 heavy (non-hydrogen) atoms.